The molecule has 0 spiro atoms. The van der Waals surface area contributed by atoms with Gasteiger partial charge in [0.1, 0.15) is 11.2 Å². The van der Waals surface area contributed by atoms with E-state index in [0.29, 0.717) is 0 Å². The Hall–Kier alpha value is -9.18. The number of nitrogens with zero attached hydrogens (tertiary/aromatic N) is 2. The molecule has 0 saturated heterocycles. The molecule has 3 heteroatoms. The van der Waals surface area contributed by atoms with Gasteiger partial charge in [0.2, 0.25) is 0 Å². The minimum absolute atomic E-state index is 0.901. The van der Waals surface area contributed by atoms with Gasteiger partial charge in [-0.15, -0.1) is 0 Å². The largest absolute Gasteiger partial charge is 0.456 e. The fourth-order valence-electron chi connectivity index (χ4n) is 10.3. The van der Waals surface area contributed by atoms with E-state index in [1.807, 2.05) is 12.1 Å². The Morgan fingerprint density at radius 2 is 0.696 bits per heavy atom. The van der Waals surface area contributed by atoms with Crippen molar-refractivity contribution in [3.8, 4) is 61.3 Å². The molecule has 0 bridgehead atoms. The van der Waals surface area contributed by atoms with E-state index in [9.17, 15) is 0 Å². The van der Waals surface area contributed by atoms with Crippen LogP contribution in [0.2, 0.25) is 0 Å². The van der Waals surface area contributed by atoms with Crippen molar-refractivity contribution in [2.45, 2.75) is 0 Å². The number of para-hydroxylation sites is 4. The summed E-state index contributed by atoms with van der Waals surface area (Å²) in [7, 11) is 0. The Labute approximate surface area is 401 Å². The molecule has 2 heterocycles. The lowest BCUT2D eigenvalue weighted by Crippen LogP contribution is -2.09. The minimum atomic E-state index is 0.901. The molecule has 324 valence electrons. The van der Waals surface area contributed by atoms with E-state index in [-0.39, 0.29) is 0 Å². The van der Waals surface area contributed by atoms with Crippen molar-refractivity contribution in [2.24, 2.45) is 0 Å². The average Bonchev–Trinajstić information content (AvgIpc) is 3.98. The fourth-order valence-corrected chi connectivity index (χ4v) is 10.3. The molecule has 11 aromatic carbocycles. The summed E-state index contributed by atoms with van der Waals surface area (Å²) in [6.07, 6.45) is 0. The second-order valence-electron chi connectivity index (χ2n) is 17.7. The van der Waals surface area contributed by atoms with Crippen LogP contribution in [-0.4, -0.2) is 4.57 Å². The molecule has 0 radical (unpaired) electrons. The highest BCUT2D eigenvalue weighted by Gasteiger charge is 2.18. The Balaban J connectivity index is 0.871. The monoisotopic (exact) mass is 880 g/mol. The van der Waals surface area contributed by atoms with Crippen molar-refractivity contribution >= 4 is 60.8 Å². The summed E-state index contributed by atoms with van der Waals surface area (Å²) in [5.41, 5.74) is 20.3. The highest BCUT2D eigenvalue weighted by molar-refractivity contribution is 6.13. The number of hydrogen-bond acceptors (Lipinski definition) is 2. The lowest BCUT2D eigenvalue weighted by Gasteiger charge is -2.26. The normalized spacial score (nSPS) is 11.5. The van der Waals surface area contributed by atoms with E-state index in [4.69, 9.17) is 4.42 Å². The van der Waals surface area contributed by atoms with Gasteiger partial charge in [0.05, 0.1) is 16.7 Å². The number of rotatable bonds is 9. The van der Waals surface area contributed by atoms with Gasteiger partial charge >= 0.3 is 0 Å². The van der Waals surface area contributed by atoms with E-state index >= 15 is 0 Å². The van der Waals surface area contributed by atoms with Gasteiger partial charge in [-0.1, -0.05) is 194 Å². The third kappa shape index (κ3) is 7.16. The summed E-state index contributed by atoms with van der Waals surface area (Å²) in [6.45, 7) is 0. The minimum Gasteiger partial charge on any atom is -0.456 e. The second kappa shape index (κ2) is 16.9. The number of fused-ring (bicyclic) bond motifs is 6. The highest BCUT2D eigenvalue weighted by atomic mass is 16.3. The predicted molar refractivity (Wildman–Crippen MR) is 290 cm³/mol. The molecule has 0 saturated carbocycles. The van der Waals surface area contributed by atoms with Crippen LogP contribution in [0.1, 0.15) is 0 Å². The maximum atomic E-state index is 6.26. The molecule has 0 unspecified atom stereocenters. The van der Waals surface area contributed by atoms with Crippen LogP contribution in [0.3, 0.4) is 0 Å². The first-order chi connectivity index (χ1) is 34.2. The van der Waals surface area contributed by atoms with Crippen LogP contribution in [0.5, 0.6) is 0 Å². The first kappa shape index (κ1) is 40.1. The molecule has 0 fully saturated rings. The lowest BCUT2D eigenvalue weighted by atomic mass is 9.96. The van der Waals surface area contributed by atoms with Gasteiger partial charge in [0.25, 0.3) is 0 Å². The van der Waals surface area contributed by atoms with Gasteiger partial charge in [0, 0.05) is 44.2 Å². The summed E-state index contributed by atoms with van der Waals surface area (Å²) in [4.78, 5) is 2.36. The zero-order chi connectivity index (χ0) is 45.7. The molecule has 0 amide bonds. The fraction of sp³-hybridized carbons (Fsp3) is 0. The summed E-state index contributed by atoms with van der Waals surface area (Å²) in [5, 5.41) is 4.78. The molecular formula is C66H44N2O. The Kier molecular flexibility index (Phi) is 9.84. The van der Waals surface area contributed by atoms with Crippen LogP contribution in [0.4, 0.5) is 17.1 Å². The van der Waals surface area contributed by atoms with Crippen molar-refractivity contribution in [1.82, 2.24) is 4.57 Å². The number of benzene rings is 11. The van der Waals surface area contributed by atoms with Gasteiger partial charge in [-0.2, -0.15) is 0 Å². The lowest BCUT2D eigenvalue weighted by molar-refractivity contribution is 0.669. The molecule has 0 aliphatic rings. The molecule has 3 nitrogen and oxygen atoms in total. The Morgan fingerprint density at radius 1 is 0.275 bits per heavy atom. The molecule has 0 N–H and O–H groups in total. The van der Waals surface area contributed by atoms with Gasteiger partial charge in [0.15, 0.2) is 0 Å². The Morgan fingerprint density at radius 3 is 1.33 bits per heavy atom. The molecule has 2 aromatic heterocycles. The van der Waals surface area contributed by atoms with Gasteiger partial charge < -0.3 is 13.9 Å². The molecule has 13 aromatic rings. The number of furan rings is 1. The zero-order valence-corrected chi connectivity index (χ0v) is 37.7. The smallest absolute Gasteiger partial charge is 0.136 e. The quantitative estimate of drug-likeness (QED) is 0.144. The maximum Gasteiger partial charge on any atom is 0.136 e. The van der Waals surface area contributed by atoms with Gasteiger partial charge in [-0.3, -0.25) is 0 Å². The highest BCUT2D eigenvalue weighted by Crippen LogP contribution is 2.42. The Bertz CT molecular complexity index is 3920. The summed E-state index contributed by atoms with van der Waals surface area (Å²) in [6, 6.07) is 96.0. The molecule has 0 aliphatic heterocycles. The van der Waals surface area contributed by atoms with Crippen molar-refractivity contribution in [3.63, 3.8) is 0 Å². The number of hydrogen-bond donors (Lipinski definition) is 0. The van der Waals surface area contributed by atoms with E-state index in [2.05, 4.69) is 264 Å². The number of aromatic nitrogens is 1. The van der Waals surface area contributed by atoms with Crippen LogP contribution in [0.15, 0.2) is 271 Å². The first-order valence-electron chi connectivity index (χ1n) is 23.6. The molecular weight excluding hydrogens is 837 g/mol. The van der Waals surface area contributed by atoms with Crippen LogP contribution >= 0.6 is 0 Å². The van der Waals surface area contributed by atoms with Crippen molar-refractivity contribution in [1.29, 1.82) is 0 Å². The topological polar surface area (TPSA) is 21.3 Å². The average molecular weight is 881 g/mol. The standard InChI is InChI=1S/C66H44N2O/c1-2-14-45(15-3-1)46-28-30-47(31-29-46)48-32-38-53(39-33-48)67(54-40-34-49(35-41-54)51-16-12-17-52(44-51)57-22-13-27-65-66(57)60-21-7-11-26-64(60)69-65)55-42-36-50(37-43-55)56-18-4-8-23-61(56)68-62-24-9-5-19-58(62)59-20-6-10-25-63(59)68/h1-44H. The molecule has 69 heavy (non-hydrogen) atoms. The SMILES string of the molecule is c1ccc(-c2ccc(-c3ccc(N(c4ccc(-c5cccc(-c6cccc7oc8ccccc8c67)c5)cc4)c4ccc(-c5ccccc5-n5c6ccccc6c6ccccc65)cc4)cc3)cc2)cc1. The maximum absolute atomic E-state index is 6.26. The van der Waals surface area contributed by atoms with Crippen molar-refractivity contribution in [3.05, 3.63) is 267 Å². The van der Waals surface area contributed by atoms with E-state index < -0.39 is 0 Å². The van der Waals surface area contributed by atoms with Gasteiger partial charge in [-0.05, 0) is 123 Å². The molecule has 0 aliphatic carbocycles. The van der Waals surface area contributed by atoms with Gasteiger partial charge in [-0.25, -0.2) is 0 Å². The number of anilines is 3. The van der Waals surface area contributed by atoms with Crippen LogP contribution in [0, 0.1) is 0 Å². The zero-order valence-electron chi connectivity index (χ0n) is 37.7. The third-order valence-corrected chi connectivity index (χ3v) is 13.6. The second-order valence-corrected chi connectivity index (χ2v) is 17.7. The van der Waals surface area contributed by atoms with Crippen LogP contribution in [-0.2, 0) is 0 Å². The summed E-state index contributed by atoms with van der Waals surface area (Å²) < 4.78 is 8.67. The third-order valence-electron chi connectivity index (χ3n) is 13.6. The van der Waals surface area contributed by atoms with Crippen LogP contribution in [0.25, 0.3) is 105 Å². The summed E-state index contributed by atoms with van der Waals surface area (Å²) >= 11 is 0. The first-order valence-corrected chi connectivity index (χ1v) is 23.6. The van der Waals surface area contributed by atoms with Crippen molar-refractivity contribution in [2.75, 3.05) is 4.90 Å². The van der Waals surface area contributed by atoms with E-state index in [1.165, 1.54) is 55.2 Å². The predicted octanol–water partition coefficient (Wildman–Crippen LogP) is 18.5. The molecule has 13 rings (SSSR count). The van der Waals surface area contributed by atoms with E-state index in [0.717, 1.165) is 66.9 Å². The summed E-state index contributed by atoms with van der Waals surface area (Å²) in [5.74, 6) is 0. The van der Waals surface area contributed by atoms with E-state index in [1.54, 1.807) is 0 Å². The van der Waals surface area contributed by atoms with Crippen LogP contribution < -0.4 is 4.90 Å². The molecule has 0 atom stereocenters. The van der Waals surface area contributed by atoms with Crippen molar-refractivity contribution < 1.29 is 4.42 Å².